The first-order valence-electron chi connectivity index (χ1n) is 11.6. The van der Waals surface area contributed by atoms with Crippen LogP contribution in [0.1, 0.15) is 33.3 Å². The summed E-state index contributed by atoms with van der Waals surface area (Å²) in [5.74, 6) is 0.560. The number of allylic oxidation sites excluding steroid dienone is 4. The van der Waals surface area contributed by atoms with E-state index >= 15 is 0 Å². The summed E-state index contributed by atoms with van der Waals surface area (Å²) < 4.78 is 0. The molecule has 0 N–H and O–H groups in total. The molecule has 1 atom stereocenters. The van der Waals surface area contributed by atoms with Gasteiger partial charge < -0.3 is 24.8 Å². The predicted octanol–water partition coefficient (Wildman–Crippen LogP) is 3.20. The molecule has 182 valence electrons. The second-order valence-corrected chi connectivity index (χ2v) is 18.6. The van der Waals surface area contributed by atoms with E-state index in [4.69, 9.17) is 0 Å². The summed E-state index contributed by atoms with van der Waals surface area (Å²) in [4.78, 5) is 0. The van der Waals surface area contributed by atoms with E-state index in [-0.39, 0.29) is 30.2 Å². The van der Waals surface area contributed by atoms with Crippen molar-refractivity contribution >= 4 is 27.0 Å². The quantitative estimate of drug-likeness (QED) is 0.234. The van der Waals surface area contributed by atoms with Crippen molar-refractivity contribution in [1.29, 1.82) is 0 Å². The molecule has 0 fully saturated rings. The van der Waals surface area contributed by atoms with E-state index < -0.39 is 0 Å². The minimum atomic E-state index is 0. The van der Waals surface area contributed by atoms with E-state index in [1.54, 1.807) is 23.3 Å². The number of hydrogen-bond acceptors (Lipinski definition) is 0. The number of aryl methyl sites for hydroxylation is 1. The van der Waals surface area contributed by atoms with Crippen LogP contribution in [0.15, 0.2) is 89.5 Å². The molecule has 0 aromatic heterocycles. The maximum Gasteiger partial charge on any atom is -0.0178 e. The average Bonchev–Trinajstić information content (AvgIpc) is 3.27. The first-order chi connectivity index (χ1) is 15.7. The van der Waals surface area contributed by atoms with Gasteiger partial charge in [0, 0.05) is 0 Å². The molecule has 35 heavy (non-hydrogen) atoms. The van der Waals surface area contributed by atoms with Gasteiger partial charge in [-0.2, -0.15) is 17.2 Å². The van der Waals surface area contributed by atoms with E-state index in [1.807, 2.05) is 0 Å². The average molecular weight is 597 g/mol. The molecule has 1 aliphatic rings. The molecule has 0 aliphatic heterocycles. The van der Waals surface area contributed by atoms with Crippen LogP contribution in [0.2, 0.25) is 13.1 Å². The molecule has 4 heteroatoms. The Kier molecular flexibility index (Phi) is 13.1. The normalized spacial score (nSPS) is 14.2. The Morgan fingerprint density at radius 2 is 1.46 bits per heavy atom. The van der Waals surface area contributed by atoms with Crippen LogP contribution in [0, 0.1) is 18.9 Å². The number of benzene rings is 3. The van der Waals surface area contributed by atoms with Gasteiger partial charge in [-0.05, 0) is 22.4 Å². The molecule has 0 bridgehead atoms. The molecule has 5 rings (SSSR count). The van der Waals surface area contributed by atoms with E-state index in [0.29, 0.717) is 5.92 Å². The van der Waals surface area contributed by atoms with Crippen LogP contribution in [-0.2, 0) is 23.3 Å². The third-order valence-electron chi connectivity index (χ3n) is 6.19. The molecule has 0 radical (unpaired) electrons. The second kappa shape index (κ2) is 14.4. The zero-order valence-electron chi connectivity index (χ0n) is 21.8. The fourth-order valence-electron chi connectivity index (χ4n) is 4.15. The fourth-order valence-corrected chi connectivity index (χ4v) is 4.15. The van der Waals surface area contributed by atoms with Crippen LogP contribution in [-0.4, -0.2) is 5.43 Å². The van der Waals surface area contributed by atoms with Crippen molar-refractivity contribution in [1.82, 2.24) is 0 Å². The van der Waals surface area contributed by atoms with Gasteiger partial charge in [-0.3, -0.25) is 6.08 Å². The first kappa shape index (κ1) is 31.7. The zero-order chi connectivity index (χ0) is 24.1. The molecule has 0 amide bonds. The van der Waals surface area contributed by atoms with Crippen LogP contribution in [0.3, 0.4) is 0 Å². The summed E-state index contributed by atoms with van der Waals surface area (Å²) in [6.45, 7) is 15.4. The van der Waals surface area contributed by atoms with Crippen molar-refractivity contribution in [2.24, 2.45) is 5.92 Å². The van der Waals surface area contributed by atoms with Crippen molar-refractivity contribution < 1.29 is 48.1 Å². The molecule has 4 aromatic rings. The Bertz CT molecular complexity index is 1360. The van der Waals surface area contributed by atoms with Gasteiger partial charge in [0.1, 0.15) is 0 Å². The van der Waals surface area contributed by atoms with Crippen molar-refractivity contribution in [3.63, 3.8) is 0 Å². The van der Waals surface area contributed by atoms with Crippen LogP contribution < -0.4 is 24.8 Å². The Morgan fingerprint density at radius 1 is 0.829 bits per heavy atom. The topological polar surface area (TPSA) is 0 Å². The number of rotatable bonds is 1. The van der Waals surface area contributed by atoms with Gasteiger partial charge in [-0.25, -0.2) is 5.57 Å². The summed E-state index contributed by atoms with van der Waals surface area (Å²) in [7, 11) is 0. The number of fused-ring (bicyclic) bond motifs is 2. The maximum absolute atomic E-state index is 3.36. The van der Waals surface area contributed by atoms with Crippen molar-refractivity contribution in [3.05, 3.63) is 101 Å². The SMILES string of the molecule is CC1=[C-]C(C)C(C)=C1C.C[Si](C)=[Zr+2].Cc1cc2c(-c3ccc4ccccc4c3)cccc2[cH-]1.[Cl-].[Cl-]. The predicted molar refractivity (Wildman–Crippen MR) is 145 cm³/mol. The summed E-state index contributed by atoms with van der Waals surface area (Å²) in [5, 5.41) is 5.26. The van der Waals surface area contributed by atoms with Gasteiger partial charge >= 0.3 is 41.9 Å². The van der Waals surface area contributed by atoms with Gasteiger partial charge in [0.15, 0.2) is 0 Å². The number of halogens is 2. The van der Waals surface area contributed by atoms with Gasteiger partial charge in [0.2, 0.25) is 0 Å². The summed E-state index contributed by atoms with van der Waals surface area (Å²) in [6, 6.07) is 26.3. The van der Waals surface area contributed by atoms with Crippen molar-refractivity contribution in [2.75, 3.05) is 0 Å². The Balaban J connectivity index is 0.000000346. The molecule has 1 aliphatic carbocycles. The monoisotopic (exact) mass is 594 g/mol. The minimum Gasteiger partial charge on any atom is -1.00 e. The maximum atomic E-state index is 3.36. The number of hydrogen-bond donors (Lipinski definition) is 0. The smallest absolute Gasteiger partial charge is 0.0178 e. The molecule has 4 aromatic carbocycles. The van der Waals surface area contributed by atoms with E-state index in [9.17, 15) is 0 Å². The van der Waals surface area contributed by atoms with Gasteiger partial charge in [-0.15, -0.1) is 41.5 Å². The Morgan fingerprint density at radius 3 is 2.00 bits per heavy atom. The summed E-state index contributed by atoms with van der Waals surface area (Å²) in [5.41, 5.74) is 8.40. The molecule has 0 saturated heterocycles. The minimum absolute atomic E-state index is 0. The first-order valence-corrected chi connectivity index (χ1v) is 17.8. The van der Waals surface area contributed by atoms with Gasteiger partial charge in [0.25, 0.3) is 0 Å². The Labute approximate surface area is 239 Å². The molecule has 1 unspecified atom stereocenters. The zero-order valence-corrected chi connectivity index (χ0v) is 26.7. The summed E-state index contributed by atoms with van der Waals surface area (Å²) in [6.07, 6.45) is 3.36. The third kappa shape index (κ3) is 8.36. The second-order valence-electron chi connectivity index (χ2n) is 9.20. The standard InChI is InChI=1S/C20H15.C9H13.C2H6Si.2ClH.Zr/c1-14-11-17-7-4-8-19(20(17)12-14)18-10-9-15-5-2-3-6-16(15)13-18;1-6-5-7(2)9(4)8(6)3;1-3-2;;;/h2-13H,1H3;6H,1-4H3;1-2H3;2*1H;/q2*-1;;;;+2/p-2. The largest absolute Gasteiger partial charge is 1.00 e. The fraction of sp³-hybridized carbons (Fsp3) is 0.258. The molecular formula is C31H34Cl2SiZr-2. The van der Waals surface area contributed by atoms with Crippen LogP contribution in [0.4, 0.5) is 0 Å². The molecule has 0 nitrogen and oxygen atoms in total. The summed E-state index contributed by atoms with van der Waals surface area (Å²) >= 11 is 1.74. The molecule has 0 saturated carbocycles. The Hall–Kier alpha value is -1.31. The van der Waals surface area contributed by atoms with Crippen LogP contribution >= 0.6 is 0 Å². The van der Waals surface area contributed by atoms with Gasteiger partial charge in [0.05, 0.1) is 0 Å². The van der Waals surface area contributed by atoms with E-state index in [0.717, 1.165) is 0 Å². The third-order valence-corrected chi connectivity index (χ3v) is 6.19. The molecule has 0 heterocycles. The van der Waals surface area contributed by atoms with Crippen molar-refractivity contribution in [3.8, 4) is 11.1 Å². The van der Waals surface area contributed by atoms with Crippen molar-refractivity contribution in [2.45, 2.75) is 47.7 Å². The van der Waals surface area contributed by atoms with Gasteiger partial charge in [-0.1, -0.05) is 81.6 Å². The van der Waals surface area contributed by atoms with E-state index in [2.05, 4.69) is 127 Å². The molecular weight excluding hydrogens is 563 g/mol. The molecule has 0 spiro atoms. The van der Waals surface area contributed by atoms with Crippen LogP contribution in [0.25, 0.3) is 32.7 Å². The van der Waals surface area contributed by atoms with Crippen LogP contribution in [0.5, 0.6) is 0 Å². The van der Waals surface area contributed by atoms with E-state index in [1.165, 1.54) is 55.0 Å².